The van der Waals surface area contributed by atoms with Crippen molar-refractivity contribution in [3.63, 3.8) is 0 Å². The van der Waals surface area contributed by atoms with Crippen LogP contribution in [-0.2, 0) is 11.3 Å². The summed E-state index contributed by atoms with van der Waals surface area (Å²) >= 11 is 0. The SMILES string of the molecule is O=C(OCc1ccccc1)c1cccnn1. The molecule has 0 aliphatic heterocycles. The Labute approximate surface area is 92.9 Å². The first-order valence-corrected chi connectivity index (χ1v) is 4.85. The van der Waals surface area contributed by atoms with Gasteiger partial charge in [0, 0.05) is 6.20 Å². The Morgan fingerprint density at radius 3 is 2.62 bits per heavy atom. The summed E-state index contributed by atoms with van der Waals surface area (Å²) in [5, 5.41) is 7.28. The van der Waals surface area contributed by atoms with Crippen LogP contribution in [0.1, 0.15) is 16.1 Å². The number of carbonyl (C=O) groups excluding carboxylic acids is 1. The minimum Gasteiger partial charge on any atom is -0.456 e. The smallest absolute Gasteiger partial charge is 0.359 e. The summed E-state index contributed by atoms with van der Waals surface area (Å²) in [6.07, 6.45) is 1.51. The molecule has 0 atom stereocenters. The number of rotatable bonds is 3. The number of nitrogens with zero attached hydrogens (tertiary/aromatic N) is 2. The zero-order valence-corrected chi connectivity index (χ0v) is 8.54. The summed E-state index contributed by atoms with van der Waals surface area (Å²) in [5.74, 6) is -0.461. The lowest BCUT2D eigenvalue weighted by molar-refractivity contribution is 0.0464. The van der Waals surface area contributed by atoms with Crippen LogP contribution in [0.5, 0.6) is 0 Å². The molecule has 0 spiro atoms. The monoisotopic (exact) mass is 214 g/mol. The third-order valence-electron chi connectivity index (χ3n) is 1.99. The lowest BCUT2D eigenvalue weighted by Gasteiger charge is -2.03. The normalized spacial score (nSPS) is 9.75. The van der Waals surface area contributed by atoms with Gasteiger partial charge in [0.1, 0.15) is 6.61 Å². The van der Waals surface area contributed by atoms with E-state index < -0.39 is 5.97 Å². The predicted molar refractivity (Wildman–Crippen MR) is 57.6 cm³/mol. The van der Waals surface area contributed by atoms with Crippen LogP contribution in [0.4, 0.5) is 0 Å². The molecule has 80 valence electrons. The van der Waals surface area contributed by atoms with Gasteiger partial charge in [0.15, 0.2) is 5.69 Å². The summed E-state index contributed by atoms with van der Waals surface area (Å²) in [7, 11) is 0. The van der Waals surface area contributed by atoms with Crippen LogP contribution in [0.3, 0.4) is 0 Å². The van der Waals surface area contributed by atoms with Crippen LogP contribution in [-0.4, -0.2) is 16.2 Å². The Morgan fingerprint density at radius 2 is 1.94 bits per heavy atom. The molecule has 2 rings (SSSR count). The molecular formula is C12H10N2O2. The maximum Gasteiger partial charge on any atom is 0.359 e. The van der Waals surface area contributed by atoms with Gasteiger partial charge < -0.3 is 4.74 Å². The van der Waals surface area contributed by atoms with E-state index in [2.05, 4.69) is 10.2 Å². The first kappa shape index (κ1) is 10.3. The lowest BCUT2D eigenvalue weighted by Crippen LogP contribution is -2.07. The second-order valence-electron chi connectivity index (χ2n) is 3.17. The van der Waals surface area contributed by atoms with Gasteiger partial charge in [0.05, 0.1) is 0 Å². The van der Waals surface area contributed by atoms with Crippen molar-refractivity contribution in [3.05, 3.63) is 59.9 Å². The molecular weight excluding hydrogens is 204 g/mol. The standard InChI is InChI=1S/C12H10N2O2/c15-12(11-7-4-8-13-14-11)16-9-10-5-2-1-3-6-10/h1-8H,9H2. The number of esters is 1. The van der Waals surface area contributed by atoms with E-state index >= 15 is 0 Å². The van der Waals surface area contributed by atoms with Crippen LogP contribution in [0, 0.1) is 0 Å². The van der Waals surface area contributed by atoms with Crippen molar-refractivity contribution in [1.82, 2.24) is 10.2 Å². The first-order valence-electron chi connectivity index (χ1n) is 4.85. The van der Waals surface area contributed by atoms with Crippen molar-refractivity contribution in [2.24, 2.45) is 0 Å². The Morgan fingerprint density at radius 1 is 1.12 bits per heavy atom. The van der Waals surface area contributed by atoms with Gasteiger partial charge in [-0.15, -0.1) is 5.10 Å². The van der Waals surface area contributed by atoms with E-state index in [0.29, 0.717) is 0 Å². The summed E-state index contributed by atoms with van der Waals surface area (Å²) in [6.45, 7) is 0.246. The average molecular weight is 214 g/mol. The largest absolute Gasteiger partial charge is 0.456 e. The molecule has 0 aliphatic rings. The van der Waals surface area contributed by atoms with Gasteiger partial charge in [-0.2, -0.15) is 5.10 Å². The van der Waals surface area contributed by atoms with Gasteiger partial charge in [-0.25, -0.2) is 4.79 Å². The van der Waals surface area contributed by atoms with Crippen LogP contribution in [0.2, 0.25) is 0 Å². The quantitative estimate of drug-likeness (QED) is 0.731. The molecule has 4 nitrogen and oxygen atoms in total. The number of hydrogen-bond acceptors (Lipinski definition) is 4. The molecule has 1 aromatic heterocycles. The molecule has 4 heteroatoms. The summed E-state index contributed by atoms with van der Waals surface area (Å²) < 4.78 is 5.07. The van der Waals surface area contributed by atoms with Crippen LogP contribution in [0.25, 0.3) is 0 Å². The number of hydrogen-bond donors (Lipinski definition) is 0. The molecule has 0 amide bonds. The van der Waals surface area contributed by atoms with Crippen LogP contribution in [0.15, 0.2) is 48.7 Å². The molecule has 2 aromatic rings. The fourth-order valence-corrected chi connectivity index (χ4v) is 1.21. The molecule has 0 unspecified atom stereocenters. The fourth-order valence-electron chi connectivity index (χ4n) is 1.21. The highest BCUT2D eigenvalue weighted by molar-refractivity contribution is 5.86. The molecule has 0 saturated heterocycles. The van der Waals surface area contributed by atoms with Crippen molar-refractivity contribution in [3.8, 4) is 0 Å². The minimum atomic E-state index is -0.461. The topological polar surface area (TPSA) is 52.1 Å². The Bertz CT molecular complexity index is 457. The van der Waals surface area contributed by atoms with Crippen molar-refractivity contribution >= 4 is 5.97 Å². The highest BCUT2D eigenvalue weighted by Gasteiger charge is 2.08. The fraction of sp³-hybridized carbons (Fsp3) is 0.0833. The Balaban J connectivity index is 1.95. The van der Waals surface area contributed by atoms with Gasteiger partial charge in [-0.05, 0) is 17.7 Å². The maximum absolute atomic E-state index is 11.5. The van der Waals surface area contributed by atoms with Crippen LogP contribution >= 0.6 is 0 Å². The lowest BCUT2D eigenvalue weighted by atomic mass is 10.2. The highest BCUT2D eigenvalue weighted by atomic mass is 16.5. The van der Waals surface area contributed by atoms with Gasteiger partial charge in [-0.3, -0.25) is 0 Å². The molecule has 0 aliphatic carbocycles. The highest BCUT2D eigenvalue weighted by Crippen LogP contribution is 2.03. The number of carbonyl (C=O) groups is 1. The Hall–Kier alpha value is -2.23. The van der Waals surface area contributed by atoms with E-state index in [4.69, 9.17) is 4.74 Å². The van der Waals surface area contributed by atoms with E-state index in [0.717, 1.165) is 5.56 Å². The third-order valence-corrected chi connectivity index (χ3v) is 1.99. The molecule has 1 aromatic carbocycles. The second kappa shape index (κ2) is 5.02. The van der Waals surface area contributed by atoms with E-state index in [1.165, 1.54) is 6.20 Å². The molecule has 1 heterocycles. The summed E-state index contributed by atoms with van der Waals surface area (Å²) in [6, 6.07) is 12.7. The number of benzene rings is 1. The summed E-state index contributed by atoms with van der Waals surface area (Å²) in [5.41, 5.74) is 1.16. The minimum absolute atomic E-state index is 0.221. The third kappa shape index (κ3) is 2.63. The average Bonchev–Trinajstić information content (AvgIpc) is 2.38. The van der Waals surface area contributed by atoms with Crippen molar-refractivity contribution in [2.75, 3.05) is 0 Å². The van der Waals surface area contributed by atoms with Crippen molar-refractivity contribution < 1.29 is 9.53 Å². The predicted octanol–water partition coefficient (Wildman–Crippen LogP) is 1.83. The van der Waals surface area contributed by atoms with Gasteiger partial charge in [0.25, 0.3) is 0 Å². The molecule has 0 fully saturated rings. The second-order valence-corrected chi connectivity index (χ2v) is 3.17. The summed E-state index contributed by atoms with van der Waals surface area (Å²) in [4.78, 5) is 11.5. The van der Waals surface area contributed by atoms with Crippen LogP contribution < -0.4 is 0 Å². The van der Waals surface area contributed by atoms with E-state index in [1.54, 1.807) is 12.1 Å². The van der Waals surface area contributed by atoms with Gasteiger partial charge in [-0.1, -0.05) is 30.3 Å². The first-order chi connectivity index (χ1) is 7.86. The number of aromatic nitrogens is 2. The van der Waals surface area contributed by atoms with E-state index in [1.807, 2.05) is 30.3 Å². The Kier molecular flexibility index (Phi) is 3.23. The zero-order chi connectivity index (χ0) is 11.2. The van der Waals surface area contributed by atoms with E-state index in [-0.39, 0.29) is 12.3 Å². The van der Waals surface area contributed by atoms with E-state index in [9.17, 15) is 4.79 Å². The van der Waals surface area contributed by atoms with Crippen molar-refractivity contribution in [2.45, 2.75) is 6.61 Å². The number of ether oxygens (including phenoxy) is 1. The molecule has 0 N–H and O–H groups in total. The maximum atomic E-state index is 11.5. The van der Waals surface area contributed by atoms with Gasteiger partial charge >= 0.3 is 5.97 Å². The molecule has 0 saturated carbocycles. The molecule has 0 radical (unpaired) electrons. The van der Waals surface area contributed by atoms with Crippen molar-refractivity contribution in [1.29, 1.82) is 0 Å². The molecule has 16 heavy (non-hydrogen) atoms. The van der Waals surface area contributed by atoms with Gasteiger partial charge in [0.2, 0.25) is 0 Å². The molecule has 0 bridgehead atoms. The zero-order valence-electron chi connectivity index (χ0n) is 8.54.